The first-order valence-electron chi connectivity index (χ1n) is 12.1. The van der Waals surface area contributed by atoms with E-state index in [-0.39, 0.29) is 33.8 Å². The Labute approximate surface area is 184 Å². The van der Waals surface area contributed by atoms with E-state index in [0.717, 1.165) is 32.1 Å². The molecule has 0 radical (unpaired) electrons. The van der Waals surface area contributed by atoms with E-state index < -0.39 is 26.6 Å². The molecule has 4 rings (SSSR count). The molecule has 0 amide bonds. The van der Waals surface area contributed by atoms with Gasteiger partial charge in [0.2, 0.25) is 0 Å². The van der Waals surface area contributed by atoms with Gasteiger partial charge in [-0.25, -0.2) is 0 Å². The topological polar surface area (TPSA) is 69.9 Å². The molecule has 0 aromatic rings. The van der Waals surface area contributed by atoms with Crippen LogP contribution in [0.1, 0.15) is 73.1 Å². The van der Waals surface area contributed by atoms with Gasteiger partial charge < -0.3 is 19.7 Å². The first-order valence-corrected chi connectivity index (χ1v) is 15.0. The van der Waals surface area contributed by atoms with E-state index in [0.29, 0.717) is 12.3 Å². The lowest BCUT2D eigenvalue weighted by molar-refractivity contribution is -0.109. The van der Waals surface area contributed by atoms with Gasteiger partial charge in [0.25, 0.3) is 0 Å². The van der Waals surface area contributed by atoms with E-state index in [2.05, 4.69) is 53.8 Å². The lowest BCUT2D eigenvalue weighted by Gasteiger charge is -2.59. The Bertz CT molecular complexity index is 712. The summed E-state index contributed by atoms with van der Waals surface area (Å²) >= 11 is 0. The Morgan fingerprint density at radius 1 is 1.03 bits per heavy atom. The zero-order chi connectivity index (χ0) is 22.3. The second-order valence-electron chi connectivity index (χ2n) is 12.9. The van der Waals surface area contributed by atoms with Crippen LogP contribution in [0.4, 0.5) is 0 Å². The molecule has 3 fully saturated rings. The van der Waals surface area contributed by atoms with Crippen molar-refractivity contribution in [1.82, 2.24) is 0 Å². The third-order valence-corrected chi connectivity index (χ3v) is 14.9. The molecule has 0 aromatic carbocycles. The summed E-state index contributed by atoms with van der Waals surface area (Å²) in [5.41, 5.74) is 1.23. The molecule has 4 nitrogen and oxygen atoms in total. The molecule has 0 saturated heterocycles. The summed E-state index contributed by atoms with van der Waals surface area (Å²) in [6.07, 6.45) is 6.34. The zero-order valence-electron chi connectivity index (χ0n) is 20.1. The SMILES string of the molecule is CC(C)(C)[Si](C)(C)O[C@H]1CC[C@@]2(C)C(=C[C@H](O)[C@H]3[C@@H]4C[C@@H](O)[C@H](O)[C@@]4(C)CC[C@@H]32)C1. The predicted molar refractivity (Wildman–Crippen MR) is 123 cm³/mol. The smallest absolute Gasteiger partial charge is 0.192 e. The van der Waals surface area contributed by atoms with E-state index in [1.807, 2.05) is 0 Å². The average molecular weight is 437 g/mol. The minimum atomic E-state index is -1.81. The predicted octanol–water partition coefficient (Wildman–Crippen LogP) is 4.64. The molecule has 0 aromatic heterocycles. The average Bonchev–Trinajstić information content (AvgIpc) is 2.85. The molecule has 0 unspecified atom stereocenters. The molecular weight excluding hydrogens is 392 g/mol. The Hall–Kier alpha value is -0.203. The van der Waals surface area contributed by atoms with Crippen LogP contribution in [0, 0.1) is 28.6 Å². The van der Waals surface area contributed by atoms with Crippen LogP contribution < -0.4 is 0 Å². The van der Waals surface area contributed by atoms with Crippen LogP contribution in [-0.2, 0) is 4.43 Å². The van der Waals surface area contributed by atoms with Crippen molar-refractivity contribution in [2.24, 2.45) is 28.6 Å². The van der Waals surface area contributed by atoms with Gasteiger partial charge >= 0.3 is 0 Å². The summed E-state index contributed by atoms with van der Waals surface area (Å²) in [4.78, 5) is 0. The van der Waals surface area contributed by atoms with E-state index in [4.69, 9.17) is 4.43 Å². The normalized spacial score (nSPS) is 49.1. The Balaban J connectivity index is 1.59. The minimum Gasteiger partial charge on any atom is -0.414 e. The summed E-state index contributed by atoms with van der Waals surface area (Å²) in [5, 5.41) is 32.6. The highest BCUT2D eigenvalue weighted by Gasteiger charge is 2.62. The van der Waals surface area contributed by atoms with Crippen molar-refractivity contribution in [3.8, 4) is 0 Å². The maximum atomic E-state index is 11.3. The first-order chi connectivity index (χ1) is 13.7. The Morgan fingerprint density at radius 2 is 1.70 bits per heavy atom. The molecule has 0 aliphatic heterocycles. The quantitative estimate of drug-likeness (QED) is 0.436. The monoisotopic (exact) mass is 436 g/mol. The number of aliphatic hydroxyl groups excluding tert-OH is 3. The summed E-state index contributed by atoms with van der Waals surface area (Å²) in [6, 6.07) is 0. The van der Waals surface area contributed by atoms with Crippen LogP contribution in [0.5, 0.6) is 0 Å². The van der Waals surface area contributed by atoms with Gasteiger partial charge in [-0.15, -0.1) is 0 Å². The molecule has 0 heterocycles. The third kappa shape index (κ3) is 3.30. The fraction of sp³-hybridized carbons (Fsp3) is 0.920. The fourth-order valence-corrected chi connectivity index (χ4v) is 8.69. The van der Waals surface area contributed by atoms with Gasteiger partial charge in [-0.2, -0.15) is 0 Å². The first kappa shape index (κ1) is 23.0. The van der Waals surface area contributed by atoms with Gasteiger partial charge in [-0.3, -0.25) is 0 Å². The van der Waals surface area contributed by atoms with Crippen LogP contribution in [-0.4, -0.2) is 48.1 Å². The van der Waals surface area contributed by atoms with Crippen molar-refractivity contribution in [2.45, 2.75) is 116 Å². The second kappa shape index (κ2) is 7.15. The third-order valence-electron chi connectivity index (χ3n) is 10.3. The fourth-order valence-electron chi connectivity index (χ4n) is 7.30. The molecule has 3 saturated carbocycles. The summed E-state index contributed by atoms with van der Waals surface area (Å²) in [7, 11) is -1.81. The van der Waals surface area contributed by atoms with Crippen LogP contribution in [0.2, 0.25) is 18.1 Å². The molecule has 30 heavy (non-hydrogen) atoms. The molecule has 0 spiro atoms. The van der Waals surface area contributed by atoms with Crippen molar-refractivity contribution in [1.29, 1.82) is 0 Å². The van der Waals surface area contributed by atoms with Crippen molar-refractivity contribution >= 4 is 8.32 Å². The van der Waals surface area contributed by atoms with Gasteiger partial charge in [-0.05, 0) is 85.2 Å². The van der Waals surface area contributed by atoms with E-state index in [9.17, 15) is 15.3 Å². The van der Waals surface area contributed by atoms with Crippen molar-refractivity contribution in [2.75, 3.05) is 0 Å². The number of fused-ring (bicyclic) bond motifs is 5. The maximum absolute atomic E-state index is 11.3. The lowest BCUT2D eigenvalue weighted by Crippen LogP contribution is -2.56. The molecule has 5 heteroatoms. The standard InChI is InChI=1S/C25H44O4Si/c1-23(2,3)30(6,7)29-16-8-10-24(4)15(12-16)13-19(26)21-17(24)9-11-25(5)18(21)14-20(27)22(25)28/h13,16-22,26-28H,8-12,14H2,1-7H3/t16-,17-,18-,19-,20+,21+,22-,24-,25-/m0/s1. The summed E-state index contributed by atoms with van der Waals surface area (Å²) in [5.74, 6) is 0.756. The molecule has 3 N–H and O–H groups in total. The number of aliphatic hydroxyl groups is 3. The molecule has 4 aliphatic rings. The highest BCUT2D eigenvalue weighted by molar-refractivity contribution is 6.74. The summed E-state index contributed by atoms with van der Waals surface area (Å²) in [6.45, 7) is 16.1. The van der Waals surface area contributed by atoms with Gasteiger partial charge in [0.1, 0.15) is 0 Å². The van der Waals surface area contributed by atoms with E-state index in [1.165, 1.54) is 5.57 Å². The lowest BCUT2D eigenvalue weighted by atomic mass is 9.47. The second-order valence-corrected chi connectivity index (χ2v) is 17.7. The number of hydrogen-bond acceptors (Lipinski definition) is 4. The van der Waals surface area contributed by atoms with Crippen LogP contribution in [0.15, 0.2) is 11.6 Å². The van der Waals surface area contributed by atoms with Gasteiger partial charge in [0.15, 0.2) is 8.32 Å². The highest BCUT2D eigenvalue weighted by Crippen LogP contribution is 2.65. The van der Waals surface area contributed by atoms with E-state index in [1.54, 1.807) is 0 Å². The highest BCUT2D eigenvalue weighted by atomic mass is 28.4. The van der Waals surface area contributed by atoms with Crippen molar-refractivity contribution in [3.05, 3.63) is 11.6 Å². The molecule has 4 aliphatic carbocycles. The molecule has 172 valence electrons. The van der Waals surface area contributed by atoms with Crippen LogP contribution in [0.3, 0.4) is 0 Å². The van der Waals surface area contributed by atoms with Gasteiger partial charge in [0.05, 0.1) is 18.3 Å². The number of rotatable bonds is 2. The van der Waals surface area contributed by atoms with Gasteiger partial charge in [0, 0.05) is 6.10 Å². The van der Waals surface area contributed by atoms with Gasteiger partial charge in [-0.1, -0.05) is 46.3 Å². The van der Waals surface area contributed by atoms with Crippen molar-refractivity contribution < 1.29 is 19.7 Å². The van der Waals surface area contributed by atoms with E-state index >= 15 is 0 Å². The van der Waals surface area contributed by atoms with Crippen molar-refractivity contribution in [3.63, 3.8) is 0 Å². The maximum Gasteiger partial charge on any atom is 0.192 e. The Morgan fingerprint density at radius 3 is 2.33 bits per heavy atom. The zero-order valence-corrected chi connectivity index (χ0v) is 21.1. The minimum absolute atomic E-state index is 0.108. The molecule has 9 atom stereocenters. The van der Waals surface area contributed by atoms with Crippen LogP contribution >= 0.6 is 0 Å². The largest absolute Gasteiger partial charge is 0.414 e. The molecule has 0 bridgehead atoms. The van der Waals surface area contributed by atoms with Crippen LogP contribution in [0.25, 0.3) is 0 Å². The number of hydrogen-bond donors (Lipinski definition) is 3. The Kier molecular flexibility index (Phi) is 5.47. The molecular formula is C25H44O4Si. The summed E-state index contributed by atoms with van der Waals surface area (Å²) < 4.78 is 6.77.